The summed E-state index contributed by atoms with van der Waals surface area (Å²) in [5.74, 6) is 0.881. The van der Waals surface area contributed by atoms with E-state index in [1.54, 1.807) is 0 Å². The summed E-state index contributed by atoms with van der Waals surface area (Å²) < 4.78 is 5.81. The van der Waals surface area contributed by atoms with Crippen molar-refractivity contribution >= 4 is 17.8 Å². The van der Waals surface area contributed by atoms with Crippen LogP contribution in [-0.2, 0) is 16.0 Å². The minimum atomic E-state index is -0.736. The Morgan fingerprint density at radius 1 is 1.04 bits per heavy atom. The van der Waals surface area contributed by atoms with Crippen molar-refractivity contribution < 1.29 is 19.1 Å². The van der Waals surface area contributed by atoms with Crippen LogP contribution >= 0.6 is 0 Å². The predicted molar refractivity (Wildman–Crippen MR) is 104 cm³/mol. The van der Waals surface area contributed by atoms with Crippen LogP contribution in [0, 0.1) is 0 Å². The second-order valence-electron chi connectivity index (χ2n) is 6.67. The van der Waals surface area contributed by atoms with E-state index in [2.05, 4.69) is 5.32 Å². The van der Waals surface area contributed by atoms with Gasteiger partial charge in [-0.1, -0.05) is 30.3 Å². The van der Waals surface area contributed by atoms with E-state index >= 15 is 0 Å². The van der Waals surface area contributed by atoms with Crippen LogP contribution in [0.25, 0.3) is 0 Å². The van der Waals surface area contributed by atoms with Gasteiger partial charge in [-0.25, -0.2) is 4.79 Å². The molecule has 7 heteroatoms. The molecule has 1 atom stereocenters. The van der Waals surface area contributed by atoms with E-state index in [0.717, 1.165) is 22.0 Å². The third-order valence-electron chi connectivity index (χ3n) is 4.66. The molecule has 3 rings (SSSR count). The molecule has 1 fully saturated rings. The number of carbonyl (C=O) groups excluding carboxylic acids is 3. The van der Waals surface area contributed by atoms with E-state index in [-0.39, 0.29) is 18.2 Å². The van der Waals surface area contributed by atoms with Crippen molar-refractivity contribution in [3.8, 4) is 11.5 Å². The van der Waals surface area contributed by atoms with Crippen molar-refractivity contribution in [3.05, 3.63) is 60.2 Å². The molecule has 2 aromatic rings. The molecule has 0 aromatic heterocycles. The fourth-order valence-corrected chi connectivity index (χ4v) is 3.06. The number of hydrogen-bond donors (Lipinski definition) is 1. The van der Waals surface area contributed by atoms with Gasteiger partial charge < -0.3 is 15.0 Å². The van der Waals surface area contributed by atoms with Crippen molar-refractivity contribution in [1.29, 1.82) is 0 Å². The van der Waals surface area contributed by atoms with Gasteiger partial charge in [-0.15, -0.1) is 0 Å². The first-order valence-corrected chi connectivity index (χ1v) is 9.08. The zero-order valence-corrected chi connectivity index (χ0v) is 15.9. The fraction of sp³-hybridized carbons (Fsp3) is 0.286. The van der Waals surface area contributed by atoms with Gasteiger partial charge in [-0.3, -0.25) is 14.5 Å². The lowest BCUT2D eigenvalue weighted by molar-refractivity contribution is -0.131. The molecular formula is C21H23N3O4. The van der Waals surface area contributed by atoms with Crippen molar-refractivity contribution in [2.45, 2.75) is 18.9 Å². The van der Waals surface area contributed by atoms with Crippen LogP contribution in [0.4, 0.5) is 4.79 Å². The highest BCUT2D eigenvalue weighted by Gasteiger charge is 2.41. The number of benzene rings is 2. The number of imide groups is 1. The first-order valence-electron chi connectivity index (χ1n) is 9.08. The van der Waals surface area contributed by atoms with E-state index in [1.165, 1.54) is 19.0 Å². The Morgan fingerprint density at radius 2 is 1.75 bits per heavy atom. The van der Waals surface area contributed by atoms with Crippen molar-refractivity contribution in [1.82, 2.24) is 15.1 Å². The number of nitrogens with zero attached hydrogens (tertiary/aromatic N) is 2. The number of hydrogen-bond acceptors (Lipinski definition) is 4. The smallest absolute Gasteiger partial charge is 0.326 e. The number of nitrogens with one attached hydrogen (secondary N) is 1. The third-order valence-corrected chi connectivity index (χ3v) is 4.66. The molecule has 0 saturated carbocycles. The van der Waals surface area contributed by atoms with Gasteiger partial charge in [0, 0.05) is 20.6 Å². The van der Waals surface area contributed by atoms with Gasteiger partial charge >= 0.3 is 6.03 Å². The maximum absolute atomic E-state index is 12.2. The SMILES string of the molecule is CN1C(=O)[C@@H](CC(=O)NCCc2cccc(Oc3ccccc3)c2)N(C)C1=O. The Balaban J connectivity index is 1.48. The predicted octanol–water partition coefficient (Wildman–Crippen LogP) is 2.42. The quantitative estimate of drug-likeness (QED) is 0.747. The zero-order chi connectivity index (χ0) is 20.1. The molecule has 0 bridgehead atoms. The Kier molecular flexibility index (Phi) is 5.93. The number of rotatable bonds is 7. The minimum absolute atomic E-state index is 0.0391. The third kappa shape index (κ3) is 4.49. The van der Waals surface area contributed by atoms with Gasteiger partial charge in [-0.2, -0.15) is 0 Å². The monoisotopic (exact) mass is 381 g/mol. The zero-order valence-electron chi connectivity index (χ0n) is 15.9. The minimum Gasteiger partial charge on any atom is -0.457 e. The largest absolute Gasteiger partial charge is 0.457 e. The van der Waals surface area contributed by atoms with E-state index in [4.69, 9.17) is 4.74 Å². The summed E-state index contributed by atoms with van der Waals surface area (Å²) >= 11 is 0. The number of carbonyl (C=O) groups is 3. The van der Waals surface area contributed by atoms with Crippen LogP contribution in [0.3, 0.4) is 0 Å². The van der Waals surface area contributed by atoms with E-state index in [1.807, 2.05) is 54.6 Å². The normalized spacial score (nSPS) is 16.4. The summed E-state index contributed by atoms with van der Waals surface area (Å²) in [6, 6.07) is 16.1. The molecule has 0 unspecified atom stereocenters. The molecule has 4 amide bonds. The highest BCUT2D eigenvalue weighted by atomic mass is 16.5. The Bertz CT molecular complexity index is 869. The second kappa shape index (κ2) is 8.56. The molecule has 28 heavy (non-hydrogen) atoms. The standard InChI is InChI=1S/C21H23N3O4/c1-23-18(20(26)24(2)21(23)27)14-19(25)22-12-11-15-7-6-10-17(13-15)28-16-8-4-3-5-9-16/h3-10,13,18H,11-12,14H2,1-2H3,(H,22,25)/t18-/m1/s1. The summed E-state index contributed by atoms with van der Waals surface area (Å²) in [6.45, 7) is 0.433. The van der Waals surface area contributed by atoms with E-state index in [0.29, 0.717) is 13.0 Å². The second-order valence-corrected chi connectivity index (χ2v) is 6.67. The van der Waals surface area contributed by atoms with Gasteiger partial charge in [0.2, 0.25) is 5.91 Å². The van der Waals surface area contributed by atoms with Crippen LogP contribution in [0.15, 0.2) is 54.6 Å². The molecule has 1 aliphatic heterocycles. The number of amides is 4. The van der Waals surface area contributed by atoms with Crippen molar-refractivity contribution in [2.24, 2.45) is 0 Å². The summed E-state index contributed by atoms with van der Waals surface area (Å²) in [4.78, 5) is 38.3. The lowest BCUT2D eigenvalue weighted by atomic mass is 10.1. The lowest BCUT2D eigenvalue weighted by Crippen LogP contribution is -2.37. The fourth-order valence-electron chi connectivity index (χ4n) is 3.06. The highest BCUT2D eigenvalue weighted by Crippen LogP contribution is 2.22. The molecule has 0 spiro atoms. The molecule has 1 N–H and O–H groups in total. The summed E-state index contributed by atoms with van der Waals surface area (Å²) in [6.07, 6.45) is 0.591. The van der Waals surface area contributed by atoms with Crippen LogP contribution in [0.5, 0.6) is 11.5 Å². The van der Waals surface area contributed by atoms with Gasteiger partial charge in [-0.05, 0) is 36.2 Å². The van der Waals surface area contributed by atoms with Gasteiger partial charge in [0.25, 0.3) is 5.91 Å². The first-order chi connectivity index (χ1) is 13.5. The van der Waals surface area contributed by atoms with E-state index in [9.17, 15) is 14.4 Å². The average Bonchev–Trinajstić information content (AvgIpc) is 2.87. The highest BCUT2D eigenvalue weighted by molar-refractivity contribution is 6.05. The number of likely N-dealkylation sites (N-methyl/N-ethyl adjacent to an activating group) is 2. The van der Waals surface area contributed by atoms with Crippen LogP contribution < -0.4 is 10.1 Å². The summed E-state index contributed by atoms with van der Waals surface area (Å²) in [5.41, 5.74) is 1.03. The number of urea groups is 1. The molecule has 2 aromatic carbocycles. The summed E-state index contributed by atoms with van der Waals surface area (Å²) in [7, 11) is 2.95. The molecule has 1 heterocycles. The average molecular weight is 381 g/mol. The summed E-state index contributed by atoms with van der Waals surface area (Å²) in [5, 5.41) is 2.81. The maximum Gasteiger partial charge on any atom is 0.326 e. The Morgan fingerprint density at radius 3 is 2.43 bits per heavy atom. The number of para-hydroxylation sites is 1. The van der Waals surface area contributed by atoms with Crippen LogP contribution in [-0.4, -0.2) is 54.3 Å². The van der Waals surface area contributed by atoms with Crippen LogP contribution in [0.1, 0.15) is 12.0 Å². The number of ether oxygens (including phenoxy) is 1. The molecule has 1 aliphatic rings. The van der Waals surface area contributed by atoms with Gasteiger partial charge in [0.05, 0.1) is 6.42 Å². The molecule has 7 nitrogen and oxygen atoms in total. The topological polar surface area (TPSA) is 79.0 Å². The molecule has 0 radical (unpaired) electrons. The lowest BCUT2D eigenvalue weighted by Gasteiger charge is -2.15. The molecule has 0 aliphatic carbocycles. The maximum atomic E-state index is 12.2. The van der Waals surface area contributed by atoms with Gasteiger partial charge in [0.15, 0.2) is 0 Å². The van der Waals surface area contributed by atoms with Crippen LogP contribution in [0.2, 0.25) is 0 Å². The first kappa shape index (κ1) is 19.4. The van der Waals surface area contributed by atoms with Gasteiger partial charge in [0.1, 0.15) is 17.5 Å². The molecule has 146 valence electrons. The molecule has 1 saturated heterocycles. The Hall–Kier alpha value is -3.35. The Labute approximate surface area is 163 Å². The van der Waals surface area contributed by atoms with Crippen molar-refractivity contribution in [3.63, 3.8) is 0 Å². The van der Waals surface area contributed by atoms with E-state index < -0.39 is 12.1 Å². The van der Waals surface area contributed by atoms with Crippen molar-refractivity contribution in [2.75, 3.05) is 20.6 Å². The molecular weight excluding hydrogens is 358 g/mol.